The van der Waals surface area contributed by atoms with E-state index in [0.717, 1.165) is 24.3 Å². The van der Waals surface area contributed by atoms with Gasteiger partial charge in [0.05, 0.1) is 6.61 Å². The van der Waals surface area contributed by atoms with Gasteiger partial charge in [-0.25, -0.2) is 0 Å². The predicted octanol–water partition coefficient (Wildman–Crippen LogP) is 4.80. The fourth-order valence-corrected chi connectivity index (χ4v) is 2.95. The van der Waals surface area contributed by atoms with Gasteiger partial charge in [0.25, 0.3) is 0 Å². The second kappa shape index (κ2) is 8.12. The molecule has 0 aromatic heterocycles. The summed E-state index contributed by atoms with van der Waals surface area (Å²) in [5, 5.41) is 10.8. The molecule has 0 bridgehead atoms. The number of thioether (sulfide) groups is 1. The second-order valence-corrected chi connectivity index (χ2v) is 5.65. The van der Waals surface area contributed by atoms with E-state index in [4.69, 9.17) is 10.00 Å². The Balaban J connectivity index is 3.03. The molecule has 1 unspecified atom stereocenters. The van der Waals surface area contributed by atoms with E-state index in [-0.39, 0.29) is 0 Å². The molecule has 1 rings (SSSR count). The van der Waals surface area contributed by atoms with E-state index < -0.39 is 0 Å². The molecule has 0 saturated heterocycles. The lowest BCUT2D eigenvalue weighted by molar-refractivity contribution is 0.330. The fraction of sp³-hybridized carbons (Fsp3) is 0.562. The average molecular weight is 277 g/mol. The predicted molar refractivity (Wildman–Crippen MR) is 82.8 cm³/mol. The molecule has 1 aromatic rings. The van der Waals surface area contributed by atoms with Gasteiger partial charge in [0, 0.05) is 5.75 Å². The monoisotopic (exact) mass is 277 g/mol. The van der Waals surface area contributed by atoms with Crippen LogP contribution in [-0.4, -0.2) is 12.4 Å². The highest BCUT2D eigenvalue weighted by Gasteiger charge is 2.17. The van der Waals surface area contributed by atoms with E-state index in [0.29, 0.717) is 12.5 Å². The molecule has 0 radical (unpaired) electrons. The Hall–Kier alpha value is -1.14. The molecule has 0 saturated carbocycles. The van der Waals surface area contributed by atoms with Crippen molar-refractivity contribution < 1.29 is 4.74 Å². The molecule has 0 N–H and O–H groups in total. The highest BCUT2D eigenvalue weighted by Crippen LogP contribution is 2.35. The SMILES string of the molecule is CCOc1c(C)cc(C)cc1C(CC)CCSC#N. The van der Waals surface area contributed by atoms with Crippen molar-refractivity contribution in [1.82, 2.24) is 0 Å². The van der Waals surface area contributed by atoms with Crippen molar-refractivity contribution in [3.63, 3.8) is 0 Å². The quantitative estimate of drug-likeness (QED) is 0.530. The topological polar surface area (TPSA) is 33.0 Å². The molecule has 0 aliphatic rings. The summed E-state index contributed by atoms with van der Waals surface area (Å²) >= 11 is 1.34. The van der Waals surface area contributed by atoms with Crippen LogP contribution in [0.4, 0.5) is 0 Å². The van der Waals surface area contributed by atoms with Crippen LogP contribution in [0.1, 0.15) is 49.3 Å². The van der Waals surface area contributed by atoms with Crippen LogP contribution in [0.15, 0.2) is 12.1 Å². The first-order chi connectivity index (χ1) is 9.13. The maximum Gasteiger partial charge on any atom is 0.133 e. The van der Waals surface area contributed by atoms with Gasteiger partial charge in [-0.3, -0.25) is 0 Å². The average Bonchev–Trinajstić information content (AvgIpc) is 2.38. The van der Waals surface area contributed by atoms with Gasteiger partial charge in [0.15, 0.2) is 0 Å². The highest BCUT2D eigenvalue weighted by molar-refractivity contribution is 8.03. The van der Waals surface area contributed by atoms with Crippen molar-refractivity contribution in [1.29, 1.82) is 5.26 Å². The van der Waals surface area contributed by atoms with Gasteiger partial charge in [0.1, 0.15) is 11.2 Å². The smallest absolute Gasteiger partial charge is 0.133 e. The summed E-state index contributed by atoms with van der Waals surface area (Å²) in [5.41, 5.74) is 3.80. The number of aryl methyl sites for hydroxylation is 2. The third kappa shape index (κ3) is 4.47. The molecule has 1 atom stereocenters. The van der Waals surface area contributed by atoms with Gasteiger partial charge in [0.2, 0.25) is 0 Å². The van der Waals surface area contributed by atoms with E-state index in [9.17, 15) is 0 Å². The van der Waals surface area contributed by atoms with Crippen molar-refractivity contribution in [2.45, 2.75) is 46.5 Å². The van der Waals surface area contributed by atoms with E-state index in [1.54, 1.807) is 0 Å². The van der Waals surface area contributed by atoms with E-state index in [2.05, 4.69) is 38.3 Å². The summed E-state index contributed by atoms with van der Waals surface area (Å²) in [4.78, 5) is 0. The van der Waals surface area contributed by atoms with Gasteiger partial charge >= 0.3 is 0 Å². The second-order valence-electron chi connectivity index (χ2n) is 4.77. The summed E-state index contributed by atoms with van der Waals surface area (Å²) in [6.07, 6.45) is 2.10. The minimum Gasteiger partial charge on any atom is -0.493 e. The molecular weight excluding hydrogens is 254 g/mol. The van der Waals surface area contributed by atoms with Crippen LogP contribution in [0, 0.1) is 24.5 Å². The minimum atomic E-state index is 0.473. The summed E-state index contributed by atoms with van der Waals surface area (Å²) in [6, 6.07) is 4.41. The summed E-state index contributed by atoms with van der Waals surface area (Å²) in [6.45, 7) is 9.16. The van der Waals surface area contributed by atoms with Gasteiger partial charge in [-0.15, -0.1) is 0 Å². The number of nitrogens with zero attached hydrogens (tertiary/aromatic N) is 1. The van der Waals surface area contributed by atoms with Crippen LogP contribution >= 0.6 is 11.8 Å². The van der Waals surface area contributed by atoms with Crippen molar-refractivity contribution >= 4 is 11.8 Å². The molecular formula is C16H23NOS. The van der Waals surface area contributed by atoms with Gasteiger partial charge < -0.3 is 4.74 Å². The number of thiocyanates is 1. The molecule has 0 spiro atoms. The highest BCUT2D eigenvalue weighted by atomic mass is 32.2. The van der Waals surface area contributed by atoms with Crippen LogP contribution in [-0.2, 0) is 0 Å². The maximum absolute atomic E-state index is 8.64. The van der Waals surface area contributed by atoms with Gasteiger partial charge in [-0.05, 0) is 62.4 Å². The molecule has 19 heavy (non-hydrogen) atoms. The molecule has 0 fully saturated rings. The molecule has 0 aliphatic carbocycles. The molecule has 1 aromatic carbocycles. The zero-order valence-corrected chi connectivity index (χ0v) is 13.1. The largest absolute Gasteiger partial charge is 0.493 e. The van der Waals surface area contributed by atoms with Crippen molar-refractivity contribution in [2.75, 3.05) is 12.4 Å². The van der Waals surface area contributed by atoms with Crippen molar-refractivity contribution in [3.05, 3.63) is 28.8 Å². The number of ether oxygens (including phenoxy) is 1. The van der Waals surface area contributed by atoms with Gasteiger partial charge in [-0.1, -0.05) is 24.6 Å². The minimum absolute atomic E-state index is 0.473. The van der Waals surface area contributed by atoms with Crippen LogP contribution in [0.3, 0.4) is 0 Å². The molecule has 0 amide bonds. The van der Waals surface area contributed by atoms with Gasteiger partial charge in [-0.2, -0.15) is 5.26 Å². The Morgan fingerprint density at radius 3 is 2.63 bits per heavy atom. The summed E-state index contributed by atoms with van der Waals surface area (Å²) in [5.74, 6) is 2.40. The maximum atomic E-state index is 8.64. The Kier molecular flexibility index (Phi) is 6.80. The first kappa shape index (κ1) is 15.9. The first-order valence-electron chi connectivity index (χ1n) is 6.88. The zero-order chi connectivity index (χ0) is 14.3. The van der Waals surface area contributed by atoms with Crippen molar-refractivity contribution in [2.24, 2.45) is 0 Å². The molecule has 2 nitrogen and oxygen atoms in total. The third-order valence-electron chi connectivity index (χ3n) is 3.30. The van der Waals surface area contributed by atoms with E-state index >= 15 is 0 Å². The number of benzene rings is 1. The molecule has 0 aliphatic heterocycles. The molecule has 0 heterocycles. The Morgan fingerprint density at radius 1 is 1.32 bits per heavy atom. The lowest BCUT2D eigenvalue weighted by Crippen LogP contribution is -2.06. The summed E-state index contributed by atoms with van der Waals surface area (Å²) < 4.78 is 5.84. The Labute approximate surface area is 121 Å². The lowest BCUT2D eigenvalue weighted by atomic mass is 9.90. The number of hydrogen-bond acceptors (Lipinski definition) is 3. The third-order valence-corrected chi connectivity index (χ3v) is 3.87. The zero-order valence-electron chi connectivity index (χ0n) is 12.3. The van der Waals surface area contributed by atoms with Crippen molar-refractivity contribution in [3.8, 4) is 11.2 Å². The van der Waals surface area contributed by atoms with Crippen LogP contribution in [0.5, 0.6) is 5.75 Å². The first-order valence-corrected chi connectivity index (χ1v) is 7.87. The molecule has 3 heteroatoms. The summed E-state index contributed by atoms with van der Waals surface area (Å²) in [7, 11) is 0. The van der Waals surface area contributed by atoms with E-state index in [1.165, 1.54) is 28.5 Å². The normalized spacial score (nSPS) is 11.9. The van der Waals surface area contributed by atoms with E-state index in [1.807, 2.05) is 6.92 Å². The lowest BCUT2D eigenvalue weighted by Gasteiger charge is -2.21. The number of nitriles is 1. The van der Waals surface area contributed by atoms with Crippen LogP contribution in [0.25, 0.3) is 0 Å². The Bertz CT molecular complexity index is 451. The van der Waals surface area contributed by atoms with Crippen LogP contribution < -0.4 is 4.74 Å². The Morgan fingerprint density at radius 2 is 2.05 bits per heavy atom. The van der Waals surface area contributed by atoms with Crippen LogP contribution in [0.2, 0.25) is 0 Å². The standard InChI is InChI=1S/C16H23NOS/c1-5-14(7-8-19-11-17)15-10-12(3)9-13(4)16(15)18-6-2/h9-10,14H,5-8H2,1-4H3. The fourth-order valence-electron chi connectivity index (χ4n) is 2.46. The number of rotatable bonds is 7. The number of hydrogen-bond donors (Lipinski definition) is 0. The molecule has 104 valence electrons.